The minimum Gasteiger partial charge on any atom is -0.452 e. The summed E-state index contributed by atoms with van der Waals surface area (Å²) in [5.41, 5.74) is 2.31. The number of carbonyl (C=O) groups excluding carboxylic acids is 3. The average Bonchev–Trinajstić information content (AvgIpc) is 3.20. The Morgan fingerprint density at radius 3 is 2.61 bits per heavy atom. The highest BCUT2D eigenvalue weighted by molar-refractivity contribution is 7.12. The Morgan fingerprint density at radius 1 is 1.21 bits per heavy atom. The molecule has 0 aromatic carbocycles. The van der Waals surface area contributed by atoms with E-state index in [1.165, 1.54) is 7.05 Å². The van der Waals surface area contributed by atoms with Gasteiger partial charge in [-0.1, -0.05) is 5.16 Å². The van der Waals surface area contributed by atoms with Gasteiger partial charge in [0, 0.05) is 22.4 Å². The second kappa shape index (κ2) is 7.77. The quantitative estimate of drug-likeness (QED) is 0.643. The first-order valence-electron chi connectivity index (χ1n) is 8.33. The smallest absolute Gasteiger partial charge is 0.339 e. The maximum absolute atomic E-state index is 12.6. The molecule has 0 unspecified atom stereocenters. The molecular formula is C18H18N4O5S. The number of esters is 1. The van der Waals surface area contributed by atoms with E-state index >= 15 is 0 Å². The first-order valence-corrected chi connectivity index (χ1v) is 9.15. The van der Waals surface area contributed by atoms with Crippen LogP contribution in [0.2, 0.25) is 0 Å². The van der Waals surface area contributed by atoms with Crippen LogP contribution in [0.4, 0.5) is 4.79 Å². The second-order valence-electron chi connectivity index (χ2n) is 6.03. The number of urea groups is 1. The molecule has 146 valence electrons. The molecule has 28 heavy (non-hydrogen) atoms. The number of nitrogens with zero attached hydrogens (tertiary/aromatic N) is 2. The molecule has 3 amide bonds. The summed E-state index contributed by atoms with van der Waals surface area (Å²) in [5.74, 6) is -1.49. The molecule has 0 fully saturated rings. The summed E-state index contributed by atoms with van der Waals surface area (Å²) in [4.78, 5) is 42.1. The van der Waals surface area contributed by atoms with Crippen LogP contribution in [0.1, 0.15) is 25.8 Å². The number of ether oxygens (including phenoxy) is 1. The second-order valence-corrected chi connectivity index (χ2v) is 7.49. The number of carbonyl (C=O) groups is 3. The van der Waals surface area contributed by atoms with Crippen molar-refractivity contribution >= 4 is 40.3 Å². The third kappa shape index (κ3) is 3.86. The molecule has 3 aromatic rings. The summed E-state index contributed by atoms with van der Waals surface area (Å²) in [6.07, 6.45) is 0. The number of aryl methyl sites for hydroxylation is 3. The van der Waals surface area contributed by atoms with Crippen LogP contribution in [-0.2, 0) is 9.53 Å². The van der Waals surface area contributed by atoms with E-state index in [0.29, 0.717) is 16.8 Å². The first-order chi connectivity index (χ1) is 13.3. The minimum atomic E-state index is -0.746. The van der Waals surface area contributed by atoms with E-state index in [1.54, 1.807) is 24.3 Å². The maximum atomic E-state index is 12.6. The topological polar surface area (TPSA) is 123 Å². The zero-order valence-electron chi connectivity index (χ0n) is 15.7. The third-order valence-electron chi connectivity index (χ3n) is 3.97. The molecule has 0 spiro atoms. The van der Waals surface area contributed by atoms with Gasteiger partial charge in [0.05, 0.1) is 22.3 Å². The Morgan fingerprint density at radius 2 is 1.96 bits per heavy atom. The maximum Gasteiger partial charge on any atom is 0.339 e. The van der Waals surface area contributed by atoms with Gasteiger partial charge in [-0.25, -0.2) is 14.6 Å². The fourth-order valence-electron chi connectivity index (χ4n) is 2.71. The van der Waals surface area contributed by atoms with E-state index < -0.39 is 24.5 Å². The van der Waals surface area contributed by atoms with Crippen LogP contribution >= 0.6 is 11.3 Å². The van der Waals surface area contributed by atoms with E-state index in [2.05, 4.69) is 15.5 Å². The van der Waals surface area contributed by atoms with Crippen molar-refractivity contribution in [2.75, 3.05) is 13.7 Å². The Kier molecular flexibility index (Phi) is 5.41. The zero-order chi connectivity index (χ0) is 20.4. The monoisotopic (exact) mass is 402 g/mol. The molecule has 10 heteroatoms. The fourth-order valence-corrected chi connectivity index (χ4v) is 3.65. The van der Waals surface area contributed by atoms with E-state index in [0.717, 1.165) is 15.3 Å². The van der Waals surface area contributed by atoms with Crippen molar-refractivity contribution in [3.8, 4) is 11.3 Å². The number of imide groups is 1. The van der Waals surface area contributed by atoms with E-state index in [-0.39, 0.29) is 11.3 Å². The number of amides is 3. The predicted molar refractivity (Wildman–Crippen MR) is 102 cm³/mol. The van der Waals surface area contributed by atoms with Gasteiger partial charge >= 0.3 is 12.0 Å². The number of nitrogens with one attached hydrogen (secondary N) is 2. The van der Waals surface area contributed by atoms with Crippen molar-refractivity contribution in [1.29, 1.82) is 0 Å². The van der Waals surface area contributed by atoms with Crippen LogP contribution in [0.5, 0.6) is 0 Å². The number of hydrogen-bond acceptors (Lipinski definition) is 8. The number of hydrogen-bond donors (Lipinski definition) is 2. The molecule has 0 aliphatic carbocycles. The molecule has 9 nitrogen and oxygen atoms in total. The molecule has 0 bridgehead atoms. The van der Waals surface area contributed by atoms with Crippen LogP contribution in [0.15, 0.2) is 16.7 Å². The third-order valence-corrected chi connectivity index (χ3v) is 4.93. The van der Waals surface area contributed by atoms with Gasteiger partial charge < -0.3 is 14.6 Å². The van der Waals surface area contributed by atoms with Crippen molar-refractivity contribution < 1.29 is 23.6 Å². The summed E-state index contributed by atoms with van der Waals surface area (Å²) < 4.78 is 10.3. The van der Waals surface area contributed by atoms with Crippen LogP contribution in [-0.4, -0.2) is 41.7 Å². The summed E-state index contributed by atoms with van der Waals surface area (Å²) >= 11 is 1.62. The highest BCUT2D eigenvalue weighted by atomic mass is 32.1. The van der Waals surface area contributed by atoms with Crippen LogP contribution < -0.4 is 10.6 Å². The largest absolute Gasteiger partial charge is 0.452 e. The van der Waals surface area contributed by atoms with Crippen LogP contribution in [0.25, 0.3) is 22.4 Å². The van der Waals surface area contributed by atoms with Gasteiger partial charge in [0.2, 0.25) is 0 Å². The van der Waals surface area contributed by atoms with Gasteiger partial charge in [-0.05, 0) is 32.9 Å². The van der Waals surface area contributed by atoms with E-state index in [1.807, 2.05) is 25.2 Å². The van der Waals surface area contributed by atoms with Gasteiger partial charge in [-0.2, -0.15) is 0 Å². The lowest BCUT2D eigenvalue weighted by Crippen LogP contribution is -2.39. The van der Waals surface area contributed by atoms with Crippen LogP contribution in [0, 0.1) is 20.8 Å². The Balaban J connectivity index is 1.94. The molecule has 3 heterocycles. The summed E-state index contributed by atoms with van der Waals surface area (Å²) in [6.45, 7) is 5.03. The molecule has 0 radical (unpaired) electrons. The molecular weight excluding hydrogens is 384 g/mol. The normalized spacial score (nSPS) is 10.7. The van der Waals surface area contributed by atoms with E-state index in [9.17, 15) is 14.4 Å². The number of aromatic nitrogens is 2. The van der Waals surface area contributed by atoms with Crippen molar-refractivity contribution in [2.24, 2.45) is 0 Å². The number of rotatable bonds is 4. The van der Waals surface area contributed by atoms with Gasteiger partial charge in [-0.15, -0.1) is 11.3 Å². The Hall–Kier alpha value is -3.27. The van der Waals surface area contributed by atoms with Gasteiger partial charge in [0.25, 0.3) is 11.6 Å². The standard InChI is InChI=1S/C18H18N4O5S/c1-8-5-11(10(3)28-8)13-6-12(15-9(2)22-27-16(15)20-13)17(24)26-7-14(23)21-18(25)19-4/h5-6H,7H2,1-4H3,(H2,19,21,23,25). The van der Waals surface area contributed by atoms with E-state index in [4.69, 9.17) is 9.26 Å². The zero-order valence-corrected chi connectivity index (χ0v) is 16.5. The molecule has 0 saturated heterocycles. The van der Waals surface area contributed by atoms with Crippen molar-refractivity contribution in [2.45, 2.75) is 20.8 Å². The summed E-state index contributed by atoms with van der Waals surface area (Å²) in [7, 11) is 1.37. The number of fused-ring (bicyclic) bond motifs is 1. The molecule has 3 rings (SSSR count). The lowest BCUT2D eigenvalue weighted by Gasteiger charge is -2.08. The van der Waals surface area contributed by atoms with Crippen molar-refractivity contribution in [3.05, 3.63) is 33.1 Å². The van der Waals surface area contributed by atoms with Crippen molar-refractivity contribution in [3.63, 3.8) is 0 Å². The minimum absolute atomic E-state index is 0.190. The molecule has 0 aliphatic heterocycles. The lowest BCUT2D eigenvalue weighted by atomic mass is 10.1. The molecule has 2 N–H and O–H groups in total. The predicted octanol–water partition coefficient (Wildman–Crippen LogP) is 2.49. The molecule has 0 atom stereocenters. The van der Waals surface area contributed by atoms with Gasteiger partial charge in [0.1, 0.15) is 0 Å². The number of thiophene rings is 1. The van der Waals surface area contributed by atoms with Crippen LogP contribution in [0.3, 0.4) is 0 Å². The lowest BCUT2D eigenvalue weighted by molar-refractivity contribution is -0.123. The average molecular weight is 402 g/mol. The summed E-state index contributed by atoms with van der Waals surface area (Å²) in [5, 5.41) is 8.55. The summed E-state index contributed by atoms with van der Waals surface area (Å²) in [6, 6.07) is 2.89. The number of pyridine rings is 1. The first kappa shape index (κ1) is 19.5. The van der Waals surface area contributed by atoms with Gasteiger partial charge in [-0.3, -0.25) is 10.1 Å². The molecule has 0 saturated carbocycles. The fraction of sp³-hybridized carbons (Fsp3) is 0.278. The Bertz CT molecular complexity index is 1090. The highest BCUT2D eigenvalue weighted by Gasteiger charge is 2.22. The van der Waals surface area contributed by atoms with Crippen molar-refractivity contribution in [1.82, 2.24) is 20.8 Å². The van der Waals surface area contributed by atoms with Gasteiger partial charge in [0.15, 0.2) is 6.61 Å². The Labute approximate surface area is 164 Å². The highest BCUT2D eigenvalue weighted by Crippen LogP contribution is 2.33. The SMILES string of the molecule is CNC(=O)NC(=O)COC(=O)c1cc(-c2cc(C)sc2C)nc2onc(C)c12. The molecule has 0 aliphatic rings. The molecule has 3 aromatic heterocycles.